The second kappa shape index (κ2) is 3.81. The Bertz CT molecular complexity index is 564. The summed E-state index contributed by atoms with van der Waals surface area (Å²) in [6.07, 6.45) is 0. The predicted octanol–water partition coefficient (Wildman–Crippen LogP) is 2.07. The first-order valence-electron chi connectivity index (χ1n) is 5.79. The quantitative estimate of drug-likeness (QED) is 0.820. The highest BCUT2D eigenvalue weighted by molar-refractivity contribution is 5.82. The fraction of sp³-hybridized carbons (Fsp3) is 0.538. The van der Waals surface area contributed by atoms with Crippen molar-refractivity contribution in [3.8, 4) is 0 Å². The molecule has 1 N–H and O–H groups in total. The molecule has 0 spiro atoms. The number of pyridine rings is 1. The van der Waals surface area contributed by atoms with Gasteiger partial charge >= 0.3 is 0 Å². The van der Waals surface area contributed by atoms with Crippen LogP contribution < -0.4 is 0 Å². The first-order chi connectivity index (χ1) is 7.84. The molecule has 4 heteroatoms. The zero-order valence-electron chi connectivity index (χ0n) is 11.1. The molecule has 92 valence electrons. The summed E-state index contributed by atoms with van der Waals surface area (Å²) in [6, 6.07) is 1.98. The average molecular weight is 233 g/mol. The van der Waals surface area contributed by atoms with E-state index in [1.807, 2.05) is 20.0 Å². The van der Waals surface area contributed by atoms with E-state index >= 15 is 0 Å². The number of aliphatic hydroxyl groups excluding tert-OH is 1. The zero-order valence-corrected chi connectivity index (χ0v) is 11.1. The van der Waals surface area contributed by atoms with Gasteiger partial charge in [0.1, 0.15) is 0 Å². The van der Waals surface area contributed by atoms with Crippen LogP contribution in [0, 0.1) is 6.92 Å². The van der Waals surface area contributed by atoms with Crippen molar-refractivity contribution in [2.45, 2.75) is 39.7 Å². The number of fused-ring (bicyclic) bond motifs is 1. The minimum Gasteiger partial charge on any atom is -0.392 e. The van der Waals surface area contributed by atoms with Crippen LogP contribution in [0.4, 0.5) is 0 Å². The molecular formula is C13H19N3O. The van der Waals surface area contributed by atoms with Gasteiger partial charge in [0.15, 0.2) is 5.65 Å². The highest BCUT2D eigenvalue weighted by Crippen LogP contribution is 2.27. The Hall–Kier alpha value is -1.42. The number of rotatable bonds is 1. The molecule has 0 saturated heterocycles. The molecule has 0 radical (unpaired) electrons. The van der Waals surface area contributed by atoms with Crippen LogP contribution in [0.1, 0.15) is 37.7 Å². The van der Waals surface area contributed by atoms with Crippen LogP contribution in [0.15, 0.2) is 6.07 Å². The molecule has 0 aliphatic rings. The summed E-state index contributed by atoms with van der Waals surface area (Å²) in [6.45, 7) is 8.32. The van der Waals surface area contributed by atoms with Gasteiger partial charge in [-0.3, -0.25) is 4.68 Å². The van der Waals surface area contributed by atoms with Crippen molar-refractivity contribution in [3.63, 3.8) is 0 Å². The van der Waals surface area contributed by atoms with Gasteiger partial charge in [0.25, 0.3) is 0 Å². The predicted molar refractivity (Wildman–Crippen MR) is 67.9 cm³/mol. The van der Waals surface area contributed by atoms with E-state index in [0.29, 0.717) is 0 Å². The number of aryl methyl sites for hydroxylation is 2. The number of nitrogens with zero attached hydrogens (tertiary/aromatic N) is 3. The maximum absolute atomic E-state index is 9.49. The van der Waals surface area contributed by atoms with Crippen molar-refractivity contribution >= 4 is 11.0 Å². The Labute approximate surface area is 101 Å². The molecule has 4 nitrogen and oxygen atoms in total. The summed E-state index contributed by atoms with van der Waals surface area (Å²) in [5.74, 6) is 0. The first-order valence-corrected chi connectivity index (χ1v) is 5.79. The van der Waals surface area contributed by atoms with Crippen molar-refractivity contribution in [1.82, 2.24) is 14.8 Å². The summed E-state index contributed by atoms with van der Waals surface area (Å²) in [7, 11) is 1.88. The van der Waals surface area contributed by atoms with E-state index in [0.717, 1.165) is 28.0 Å². The Kier molecular flexibility index (Phi) is 2.70. The van der Waals surface area contributed by atoms with Gasteiger partial charge in [0.05, 0.1) is 12.3 Å². The van der Waals surface area contributed by atoms with Gasteiger partial charge in [0, 0.05) is 23.5 Å². The van der Waals surface area contributed by atoms with Gasteiger partial charge in [-0.25, -0.2) is 4.98 Å². The van der Waals surface area contributed by atoms with Crippen molar-refractivity contribution in [1.29, 1.82) is 0 Å². The normalized spacial score (nSPS) is 12.4. The minimum atomic E-state index is -0.0315. The van der Waals surface area contributed by atoms with Gasteiger partial charge in [0.2, 0.25) is 0 Å². The lowest BCUT2D eigenvalue weighted by atomic mass is 9.90. The van der Waals surface area contributed by atoms with Crippen LogP contribution >= 0.6 is 0 Å². The summed E-state index contributed by atoms with van der Waals surface area (Å²) >= 11 is 0. The van der Waals surface area contributed by atoms with Gasteiger partial charge in [-0.05, 0) is 18.6 Å². The third kappa shape index (κ3) is 1.93. The second-order valence-corrected chi connectivity index (χ2v) is 5.48. The summed E-state index contributed by atoms with van der Waals surface area (Å²) in [5, 5.41) is 14.8. The highest BCUT2D eigenvalue weighted by atomic mass is 16.3. The van der Waals surface area contributed by atoms with Crippen LogP contribution in [0.2, 0.25) is 0 Å². The van der Waals surface area contributed by atoms with E-state index in [4.69, 9.17) is 0 Å². The molecule has 0 atom stereocenters. The summed E-state index contributed by atoms with van der Waals surface area (Å²) in [4.78, 5) is 4.66. The zero-order chi connectivity index (χ0) is 12.8. The summed E-state index contributed by atoms with van der Waals surface area (Å²) in [5.41, 5.74) is 3.62. The maximum atomic E-state index is 9.49. The van der Waals surface area contributed by atoms with Crippen LogP contribution in [-0.2, 0) is 19.1 Å². The molecule has 0 amide bonds. The van der Waals surface area contributed by atoms with Crippen molar-refractivity contribution in [3.05, 3.63) is 23.0 Å². The lowest BCUT2D eigenvalue weighted by Crippen LogP contribution is -2.14. The number of hydrogen-bond donors (Lipinski definition) is 1. The van der Waals surface area contributed by atoms with Crippen molar-refractivity contribution in [2.75, 3.05) is 0 Å². The fourth-order valence-corrected chi connectivity index (χ4v) is 2.04. The number of hydrogen-bond acceptors (Lipinski definition) is 3. The SMILES string of the molecule is Cc1nn(C)c2nc(C(C)(C)C)cc(CO)c12. The van der Waals surface area contributed by atoms with Crippen LogP contribution in [0.5, 0.6) is 0 Å². The Balaban J connectivity index is 2.82. The van der Waals surface area contributed by atoms with Crippen LogP contribution in [0.25, 0.3) is 11.0 Å². The standard InChI is InChI=1S/C13H19N3O/c1-8-11-9(7-17)6-10(13(2,3)4)14-12(11)16(5)15-8/h6,17H,7H2,1-5H3. The average Bonchev–Trinajstić information content (AvgIpc) is 2.52. The molecule has 0 saturated carbocycles. The molecular weight excluding hydrogens is 214 g/mol. The van der Waals surface area contributed by atoms with E-state index < -0.39 is 0 Å². The molecule has 0 aromatic carbocycles. The molecule has 2 heterocycles. The number of aliphatic hydroxyl groups is 1. The monoisotopic (exact) mass is 233 g/mol. The Morgan fingerprint density at radius 2 is 2.00 bits per heavy atom. The van der Waals surface area contributed by atoms with Gasteiger partial charge in [-0.2, -0.15) is 5.10 Å². The smallest absolute Gasteiger partial charge is 0.158 e. The molecule has 0 unspecified atom stereocenters. The van der Waals surface area contributed by atoms with E-state index in [-0.39, 0.29) is 12.0 Å². The largest absolute Gasteiger partial charge is 0.392 e. The lowest BCUT2D eigenvalue weighted by Gasteiger charge is -2.18. The topological polar surface area (TPSA) is 50.9 Å². The lowest BCUT2D eigenvalue weighted by molar-refractivity contribution is 0.283. The van der Waals surface area contributed by atoms with Gasteiger partial charge in [-0.1, -0.05) is 20.8 Å². The molecule has 2 aromatic rings. The van der Waals surface area contributed by atoms with Crippen LogP contribution in [0.3, 0.4) is 0 Å². The number of aromatic nitrogens is 3. The Morgan fingerprint density at radius 3 is 2.53 bits per heavy atom. The van der Waals surface area contributed by atoms with E-state index in [2.05, 4.69) is 30.9 Å². The molecule has 2 rings (SSSR count). The molecule has 0 aliphatic carbocycles. The third-order valence-corrected chi connectivity index (χ3v) is 2.99. The van der Waals surface area contributed by atoms with E-state index in [1.165, 1.54) is 0 Å². The third-order valence-electron chi connectivity index (χ3n) is 2.99. The van der Waals surface area contributed by atoms with Crippen LogP contribution in [-0.4, -0.2) is 19.9 Å². The van der Waals surface area contributed by atoms with E-state index in [1.54, 1.807) is 4.68 Å². The van der Waals surface area contributed by atoms with E-state index in [9.17, 15) is 5.11 Å². The fourth-order valence-electron chi connectivity index (χ4n) is 2.04. The Morgan fingerprint density at radius 1 is 1.35 bits per heavy atom. The second-order valence-electron chi connectivity index (χ2n) is 5.48. The highest BCUT2D eigenvalue weighted by Gasteiger charge is 2.20. The van der Waals surface area contributed by atoms with Crippen molar-refractivity contribution < 1.29 is 5.11 Å². The minimum absolute atomic E-state index is 0.0225. The van der Waals surface area contributed by atoms with Crippen molar-refractivity contribution in [2.24, 2.45) is 7.05 Å². The molecule has 17 heavy (non-hydrogen) atoms. The first kappa shape index (κ1) is 12.0. The molecule has 0 fully saturated rings. The molecule has 0 bridgehead atoms. The maximum Gasteiger partial charge on any atom is 0.158 e. The van der Waals surface area contributed by atoms with Gasteiger partial charge in [-0.15, -0.1) is 0 Å². The van der Waals surface area contributed by atoms with Gasteiger partial charge < -0.3 is 5.11 Å². The molecule has 0 aliphatic heterocycles. The summed E-state index contributed by atoms with van der Waals surface area (Å²) < 4.78 is 1.78. The molecule has 2 aromatic heterocycles.